The van der Waals surface area contributed by atoms with E-state index < -0.39 is 0 Å². The zero-order valence-corrected chi connectivity index (χ0v) is 12.7. The number of β-amino-alcohol motifs (C(OH)–C–C–N with tert-alkyl or cyclic N) is 1. The highest BCUT2D eigenvalue weighted by Crippen LogP contribution is 2.26. The zero-order valence-electron chi connectivity index (χ0n) is 12.7. The van der Waals surface area contributed by atoms with E-state index in [0.717, 1.165) is 19.5 Å². The molecule has 0 amide bonds. The molecule has 0 spiro atoms. The Bertz CT molecular complexity index is 423. The molecule has 0 radical (unpaired) electrons. The fraction of sp³-hybridized carbons (Fsp3) is 0.846. The molecular weight excluding hydrogens is 258 g/mol. The van der Waals surface area contributed by atoms with E-state index in [1.807, 2.05) is 32.8 Å². The van der Waals surface area contributed by atoms with Crippen LogP contribution in [0.5, 0.6) is 0 Å². The van der Waals surface area contributed by atoms with Gasteiger partial charge in [-0.15, -0.1) is 5.10 Å². The Morgan fingerprint density at radius 2 is 2.25 bits per heavy atom. The Morgan fingerprint density at radius 1 is 1.50 bits per heavy atom. The first-order chi connectivity index (χ1) is 9.51. The molecule has 114 valence electrons. The Kier molecular flexibility index (Phi) is 4.95. The van der Waals surface area contributed by atoms with Crippen LogP contribution < -0.4 is 10.2 Å². The lowest BCUT2D eigenvalue weighted by Gasteiger charge is -2.24. The SMILES string of the molecule is CCNC(C)c1nnc(N2CC(O)CC2CN(C)C)o1. The minimum absolute atomic E-state index is 0.0427. The average molecular weight is 283 g/mol. The van der Waals surface area contributed by atoms with E-state index in [-0.39, 0.29) is 18.2 Å². The third-order valence-electron chi connectivity index (χ3n) is 3.52. The molecule has 0 bridgehead atoms. The molecule has 2 N–H and O–H groups in total. The lowest BCUT2D eigenvalue weighted by atomic mass is 10.2. The highest BCUT2D eigenvalue weighted by atomic mass is 16.4. The zero-order chi connectivity index (χ0) is 14.7. The molecule has 1 aliphatic rings. The first-order valence-electron chi connectivity index (χ1n) is 7.17. The van der Waals surface area contributed by atoms with Gasteiger partial charge in [0.15, 0.2) is 0 Å². The van der Waals surface area contributed by atoms with Gasteiger partial charge in [0.25, 0.3) is 0 Å². The molecule has 2 heterocycles. The van der Waals surface area contributed by atoms with Gasteiger partial charge in [0.05, 0.1) is 12.1 Å². The van der Waals surface area contributed by atoms with Crippen LogP contribution in [0.3, 0.4) is 0 Å². The van der Waals surface area contributed by atoms with E-state index in [9.17, 15) is 5.11 Å². The van der Waals surface area contributed by atoms with Crippen LogP contribution in [-0.4, -0.2) is 66.1 Å². The summed E-state index contributed by atoms with van der Waals surface area (Å²) in [4.78, 5) is 4.12. The second-order valence-corrected chi connectivity index (χ2v) is 5.66. The van der Waals surface area contributed by atoms with Gasteiger partial charge < -0.3 is 24.6 Å². The average Bonchev–Trinajstić information content (AvgIpc) is 2.95. The molecule has 1 saturated heterocycles. The van der Waals surface area contributed by atoms with Crippen LogP contribution in [0, 0.1) is 0 Å². The molecule has 1 aromatic heterocycles. The highest BCUT2D eigenvalue weighted by Gasteiger charge is 2.34. The summed E-state index contributed by atoms with van der Waals surface area (Å²) in [5, 5.41) is 21.4. The summed E-state index contributed by atoms with van der Waals surface area (Å²) in [6, 6.07) is 0.761. The number of hydrogen-bond donors (Lipinski definition) is 2. The monoisotopic (exact) mass is 283 g/mol. The van der Waals surface area contributed by atoms with Gasteiger partial charge in [-0.05, 0) is 34.0 Å². The van der Waals surface area contributed by atoms with Crippen molar-refractivity contribution in [3.05, 3.63) is 5.89 Å². The predicted octanol–water partition coefficient (Wildman–Crippen LogP) is 0.241. The van der Waals surface area contributed by atoms with E-state index >= 15 is 0 Å². The van der Waals surface area contributed by atoms with Crippen LogP contribution in [0.2, 0.25) is 0 Å². The summed E-state index contributed by atoms with van der Waals surface area (Å²) >= 11 is 0. The quantitative estimate of drug-likeness (QED) is 0.774. The Labute approximate surface area is 120 Å². The van der Waals surface area contributed by atoms with Crippen LogP contribution in [0.25, 0.3) is 0 Å². The van der Waals surface area contributed by atoms with Crippen LogP contribution in [0.4, 0.5) is 6.01 Å². The van der Waals surface area contributed by atoms with Gasteiger partial charge in [0.2, 0.25) is 5.89 Å². The number of aliphatic hydroxyl groups excluding tert-OH is 1. The Hall–Kier alpha value is -1.18. The number of nitrogens with one attached hydrogen (secondary N) is 1. The summed E-state index contributed by atoms with van der Waals surface area (Å²) in [6.45, 7) is 6.30. The first-order valence-corrected chi connectivity index (χ1v) is 7.17. The molecule has 20 heavy (non-hydrogen) atoms. The fourth-order valence-corrected chi connectivity index (χ4v) is 2.63. The smallest absolute Gasteiger partial charge is 0.318 e. The van der Waals surface area contributed by atoms with Gasteiger partial charge in [-0.3, -0.25) is 0 Å². The fourth-order valence-electron chi connectivity index (χ4n) is 2.63. The molecule has 0 aliphatic carbocycles. The highest BCUT2D eigenvalue weighted by molar-refractivity contribution is 5.30. The van der Waals surface area contributed by atoms with Crippen molar-refractivity contribution >= 4 is 6.01 Å². The van der Waals surface area contributed by atoms with Crippen molar-refractivity contribution in [2.24, 2.45) is 0 Å². The van der Waals surface area contributed by atoms with E-state index in [1.54, 1.807) is 0 Å². The number of rotatable bonds is 6. The molecule has 7 nitrogen and oxygen atoms in total. The molecule has 0 aromatic carbocycles. The molecule has 3 unspecified atom stereocenters. The topological polar surface area (TPSA) is 77.7 Å². The molecule has 7 heteroatoms. The summed E-state index contributed by atoms with van der Waals surface area (Å²) in [7, 11) is 4.05. The van der Waals surface area contributed by atoms with Crippen molar-refractivity contribution in [3.63, 3.8) is 0 Å². The maximum atomic E-state index is 9.88. The summed E-state index contributed by atoms with van der Waals surface area (Å²) in [5.74, 6) is 0.590. The van der Waals surface area contributed by atoms with Crippen molar-refractivity contribution in [2.75, 3.05) is 38.6 Å². The Balaban J connectivity index is 2.09. The van der Waals surface area contributed by atoms with Gasteiger partial charge in [-0.2, -0.15) is 0 Å². The second-order valence-electron chi connectivity index (χ2n) is 5.66. The standard InChI is InChI=1S/C13H25N5O2/c1-5-14-9(2)12-15-16-13(20-12)18-8-11(19)6-10(18)7-17(3)4/h9-11,14,19H,5-8H2,1-4H3. The first kappa shape index (κ1) is 15.2. The third kappa shape index (κ3) is 3.47. The predicted molar refractivity (Wildman–Crippen MR) is 76.7 cm³/mol. The van der Waals surface area contributed by atoms with Crippen LogP contribution in [0.15, 0.2) is 4.42 Å². The molecule has 1 fully saturated rings. The molecule has 3 atom stereocenters. The van der Waals surface area contributed by atoms with E-state index in [1.165, 1.54) is 0 Å². The van der Waals surface area contributed by atoms with Gasteiger partial charge in [-0.1, -0.05) is 12.0 Å². The maximum Gasteiger partial charge on any atom is 0.318 e. The van der Waals surface area contributed by atoms with E-state index in [4.69, 9.17) is 4.42 Å². The molecule has 0 saturated carbocycles. The lowest BCUT2D eigenvalue weighted by Crippen LogP contribution is -2.37. The third-order valence-corrected chi connectivity index (χ3v) is 3.52. The number of nitrogens with zero attached hydrogens (tertiary/aromatic N) is 4. The van der Waals surface area contributed by atoms with Crippen molar-refractivity contribution in [1.29, 1.82) is 0 Å². The lowest BCUT2D eigenvalue weighted by molar-refractivity contribution is 0.191. The van der Waals surface area contributed by atoms with Crippen molar-refractivity contribution < 1.29 is 9.52 Å². The van der Waals surface area contributed by atoms with Gasteiger partial charge in [-0.25, -0.2) is 0 Å². The largest absolute Gasteiger partial charge is 0.406 e. The number of likely N-dealkylation sites (N-methyl/N-ethyl adjacent to an activating group) is 1. The number of hydrogen-bond acceptors (Lipinski definition) is 7. The van der Waals surface area contributed by atoms with E-state index in [2.05, 4.69) is 20.4 Å². The summed E-state index contributed by atoms with van der Waals surface area (Å²) < 4.78 is 5.75. The summed E-state index contributed by atoms with van der Waals surface area (Å²) in [6.07, 6.45) is 0.403. The van der Waals surface area contributed by atoms with Crippen LogP contribution in [-0.2, 0) is 0 Å². The number of aliphatic hydroxyl groups is 1. The molecule has 1 aliphatic heterocycles. The summed E-state index contributed by atoms with van der Waals surface area (Å²) in [5.41, 5.74) is 0. The Morgan fingerprint density at radius 3 is 2.90 bits per heavy atom. The minimum Gasteiger partial charge on any atom is -0.406 e. The maximum absolute atomic E-state index is 9.88. The van der Waals surface area contributed by atoms with Gasteiger partial charge >= 0.3 is 6.01 Å². The molecule has 2 rings (SSSR count). The second kappa shape index (κ2) is 6.51. The van der Waals surface area contributed by atoms with Crippen molar-refractivity contribution in [1.82, 2.24) is 20.4 Å². The van der Waals surface area contributed by atoms with Crippen molar-refractivity contribution in [2.45, 2.75) is 38.5 Å². The van der Waals surface area contributed by atoms with Crippen LogP contribution >= 0.6 is 0 Å². The van der Waals surface area contributed by atoms with E-state index in [0.29, 0.717) is 18.5 Å². The number of anilines is 1. The molecule has 1 aromatic rings. The number of aromatic nitrogens is 2. The van der Waals surface area contributed by atoms with Crippen LogP contribution in [0.1, 0.15) is 32.2 Å². The van der Waals surface area contributed by atoms with Gasteiger partial charge in [0, 0.05) is 19.1 Å². The van der Waals surface area contributed by atoms with Crippen molar-refractivity contribution in [3.8, 4) is 0 Å². The normalized spacial score (nSPS) is 24.6. The minimum atomic E-state index is -0.332. The molecular formula is C13H25N5O2. The van der Waals surface area contributed by atoms with Gasteiger partial charge in [0.1, 0.15) is 0 Å².